The first-order valence-corrected chi connectivity index (χ1v) is 6.42. The summed E-state index contributed by atoms with van der Waals surface area (Å²) in [4.78, 5) is 11.8. The van der Waals surface area contributed by atoms with Crippen molar-refractivity contribution in [3.05, 3.63) is 29.3 Å². The Labute approximate surface area is 108 Å². The van der Waals surface area contributed by atoms with Crippen molar-refractivity contribution in [3.63, 3.8) is 0 Å². The van der Waals surface area contributed by atoms with Gasteiger partial charge >= 0.3 is 0 Å². The van der Waals surface area contributed by atoms with Crippen LogP contribution in [0, 0.1) is 5.92 Å². The quantitative estimate of drug-likeness (QED) is 0.838. The Balaban J connectivity index is 1.95. The maximum atomic E-state index is 11.8. The summed E-state index contributed by atoms with van der Waals surface area (Å²) in [6.07, 6.45) is 1.42. The molecule has 3 N–H and O–H groups in total. The fourth-order valence-electron chi connectivity index (χ4n) is 2.12. The van der Waals surface area contributed by atoms with E-state index in [0.717, 1.165) is 12.1 Å². The molecule has 98 valence electrons. The van der Waals surface area contributed by atoms with Gasteiger partial charge in [-0.05, 0) is 35.7 Å². The number of amides is 1. The summed E-state index contributed by atoms with van der Waals surface area (Å²) >= 11 is 0. The van der Waals surface area contributed by atoms with Crippen LogP contribution < -0.4 is 11.1 Å². The molecule has 1 unspecified atom stereocenters. The van der Waals surface area contributed by atoms with Crippen LogP contribution in [-0.4, -0.2) is 12.5 Å². The van der Waals surface area contributed by atoms with Crippen molar-refractivity contribution in [1.29, 1.82) is 0 Å². The normalized spacial score (nSPS) is 15.2. The molecule has 0 bridgehead atoms. The van der Waals surface area contributed by atoms with Gasteiger partial charge in [0.15, 0.2) is 0 Å². The Hall–Kier alpha value is -1.39. The Kier molecular flexibility index (Phi) is 4.33. The number of anilines is 1. The second kappa shape index (κ2) is 5.98. The minimum Gasteiger partial charge on any atom is -0.372 e. The van der Waals surface area contributed by atoms with E-state index in [1.807, 2.05) is 18.2 Å². The van der Waals surface area contributed by atoms with Crippen LogP contribution in [0.15, 0.2) is 18.2 Å². The lowest BCUT2D eigenvalue weighted by atomic mass is 10.0. The van der Waals surface area contributed by atoms with Crippen LogP contribution in [0.25, 0.3) is 0 Å². The van der Waals surface area contributed by atoms with E-state index < -0.39 is 0 Å². The van der Waals surface area contributed by atoms with E-state index in [1.165, 1.54) is 11.1 Å². The molecule has 0 aliphatic carbocycles. The van der Waals surface area contributed by atoms with Gasteiger partial charge in [0.1, 0.15) is 0 Å². The molecule has 1 aromatic carbocycles. The molecule has 1 amide bonds. The number of nitrogens with one attached hydrogen (secondary N) is 1. The number of rotatable bonds is 5. The van der Waals surface area contributed by atoms with E-state index in [4.69, 9.17) is 10.5 Å². The Bertz CT molecular complexity index is 428. The number of nitrogens with two attached hydrogens (primary N) is 1. The third-order valence-corrected chi connectivity index (χ3v) is 3.39. The van der Waals surface area contributed by atoms with Gasteiger partial charge in [0, 0.05) is 12.1 Å². The second-order valence-electron chi connectivity index (χ2n) is 4.74. The first kappa shape index (κ1) is 13.1. The SMILES string of the molecule is CCC(CN)CC(=O)Nc1ccc2c(c1)COC2. The predicted molar refractivity (Wildman–Crippen MR) is 71.0 cm³/mol. The second-order valence-corrected chi connectivity index (χ2v) is 4.74. The first-order chi connectivity index (χ1) is 8.72. The Morgan fingerprint density at radius 1 is 1.44 bits per heavy atom. The number of hydrogen-bond acceptors (Lipinski definition) is 3. The monoisotopic (exact) mass is 248 g/mol. The molecule has 0 saturated carbocycles. The average Bonchev–Trinajstić information content (AvgIpc) is 2.83. The van der Waals surface area contributed by atoms with Gasteiger partial charge in [-0.3, -0.25) is 4.79 Å². The molecule has 1 aromatic rings. The summed E-state index contributed by atoms with van der Waals surface area (Å²) in [6, 6.07) is 5.93. The van der Waals surface area contributed by atoms with Crippen molar-refractivity contribution in [3.8, 4) is 0 Å². The van der Waals surface area contributed by atoms with E-state index in [9.17, 15) is 4.79 Å². The lowest BCUT2D eigenvalue weighted by molar-refractivity contribution is -0.117. The highest BCUT2D eigenvalue weighted by molar-refractivity contribution is 5.91. The zero-order valence-corrected chi connectivity index (χ0v) is 10.7. The summed E-state index contributed by atoms with van der Waals surface area (Å²) in [6.45, 7) is 3.92. The largest absolute Gasteiger partial charge is 0.372 e. The number of carbonyl (C=O) groups is 1. The molecule has 18 heavy (non-hydrogen) atoms. The highest BCUT2D eigenvalue weighted by Crippen LogP contribution is 2.23. The van der Waals surface area contributed by atoms with Crippen LogP contribution in [0.4, 0.5) is 5.69 Å². The van der Waals surface area contributed by atoms with E-state index >= 15 is 0 Å². The summed E-state index contributed by atoms with van der Waals surface area (Å²) in [7, 11) is 0. The lowest BCUT2D eigenvalue weighted by Crippen LogP contribution is -2.21. The summed E-state index contributed by atoms with van der Waals surface area (Å²) in [5.74, 6) is 0.300. The highest BCUT2D eigenvalue weighted by atomic mass is 16.5. The standard InChI is InChI=1S/C14H20N2O2/c1-2-10(7-15)5-14(17)16-13-4-3-11-8-18-9-12(11)6-13/h3-4,6,10H,2,5,7-9,15H2,1H3,(H,16,17). The van der Waals surface area contributed by atoms with Gasteiger partial charge in [0.2, 0.25) is 5.91 Å². The topological polar surface area (TPSA) is 64.4 Å². The maximum absolute atomic E-state index is 11.8. The first-order valence-electron chi connectivity index (χ1n) is 6.42. The van der Waals surface area contributed by atoms with Gasteiger partial charge in [-0.2, -0.15) is 0 Å². The molecule has 0 fully saturated rings. The molecule has 1 heterocycles. The molecule has 2 rings (SSSR count). The zero-order chi connectivity index (χ0) is 13.0. The maximum Gasteiger partial charge on any atom is 0.224 e. The number of benzene rings is 1. The third kappa shape index (κ3) is 3.09. The lowest BCUT2D eigenvalue weighted by Gasteiger charge is -2.12. The fraction of sp³-hybridized carbons (Fsp3) is 0.500. The number of hydrogen-bond donors (Lipinski definition) is 2. The van der Waals surface area contributed by atoms with E-state index in [-0.39, 0.29) is 11.8 Å². The van der Waals surface area contributed by atoms with Crippen LogP contribution in [-0.2, 0) is 22.7 Å². The fourth-order valence-corrected chi connectivity index (χ4v) is 2.12. The molecular weight excluding hydrogens is 228 g/mol. The average molecular weight is 248 g/mol. The van der Waals surface area contributed by atoms with Crippen molar-refractivity contribution in [2.45, 2.75) is 33.0 Å². The van der Waals surface area contributed by atoms with Gasteiger partial charge < -0.3 is 15.8 Å². The summed E-state index contributed by atoms with van der Waals surface area (Å²) in [5, 5.41) is 2.92. The molecule has 1 aliphatic rings. The number of carbonyl (C=O) groups excluding carboxylic acids is 1. The van der Waals surface area contributed by atoms with Crippen molar-refractivity contribution in [2.75, 3.05) is 11.9 Å². The zero-order valence-electron chi connectivity index (χ0n) is 10.7. The van der Waals surface area contributed by atoms with Gasteiger partial charge in [-0.1, -0.05) is 19.4 Å². The molecule has 4 heteroatoms. The number of ether oxygens (including phenoxy) is 1. The third-order valence-electron chi connectivity index (χ3n) is 3.39. The van der Waals surface area contributed by atoms with Crippen molar-refractivity contribution in [2.24, 2.45) is 11.7 Å². The van der Waals surface area contributed by atoms with Crippen LogP contribution in [0.2, 0.25) is 0 Å². The van der Waals surface area contributed by atoms with Gasteiger partial charge in [-0.15, -0.1) is 0 Å². The predicted octanol–water partition coefficient (Wildman–Crippen LogP) is 2.03. The van der Waals surface area contributed by atoms with Gasteiger partial charge in [0.05, 0.1) is 13.2 Å². The number of fused-ring (bicyclic) bond motifs is 1. The van der Waals surface area contributed by atoms with Gasteiger partial charge in [0.25, 0.3) is 0 Å². The molecule has 0 spiro atoms. The van der Waals surface area contributed by atoms with Crippen LogP contribution in [0.5, 0.6) is 0 Å². The molecule has 4 nitrogen and oxygen atoms in total. The minimum absolute atomic E-state index is 0.0335. The van der Waals surface area contributed by atoms with Crippen LogP contribution >= 0.6 is 0 Å². The summed E-state index contributed by atoms with van der Waals surface area (Å²) in [5.41, 5.74) is 8.82. The van der Waals surface area contributed by atoms with Crippen molar-refractivity contribution < 1.29 is 9.53 Å². The van der Waals surface area contributed by atoms with Gasteiger partial charge in [-0.25, -0.2) is 0 Å². The molecule has 1 aliphatic heterocycles. The molecule has 0 radical (unpaired) electrons. The van der Waals surface area contributed by atoms with Crippen LogP contribution in [0.3, 0.4) is 0 Å². The van der Waals surface area contributed by atoms with E-state index in [2.05, 4.69) is 12.2 Å². The highest BCUT2D eigenvalue weighted by Gasteiger charge is 2.14. The Morgan fingerprint density at radius 3 is 2.94 bits per heavy atom. The van der Waals surface area contributed by atoms with Crippen molar-refractivity contribution >= 4 is 11.6 Å². The molecular formula is C14H20N2O2. The van der Waals surface area contributed by atoms with Crippen LogP contribution in [0.1, 0.15) is 30.9 Å². The van der Waals surface area contributed by atoms with Crippen molar-refractivity contribution in [1.82, 2.24) is 0 Å². The Morgan fingerprint density at radius 2 is 2.22 bits per heavy atom. The van der Waals surface area contributed by atoms with E-state index in [1.54, 1.807) is 0 Å². The molecule has 0 aromatic heterocycles. The molecule has 0 saturated heterocycles. The minimum atomic E-state index is 0.0335. The smallest absolute Gasteiger partial charge is 0.224 e. The van der Waals surface area contributed by atoms with E-state index in [0.29, 0.717) is 26.2 Å². The summed E-state index contributed by atoms with van der Waals surface area (Å²) < 4.78 is 5.35. The molecule has 1 atom stereocenters.